The molecule has 0 aromatic carbocycles. The molecule has 0 atom stereocenters. The summed E-state index contributed by atoms with van der Waals surface area (Å²) in [6.07, 6.45) is -4.64. The van der Waals surface area contributed by atoms with Crippen LogP contribution in [0.4, 0.5) is 24.9 Å². The fraction of sp³-hybridized carbons (Fsp3) is 0.364. The Morgan fingerprint density at radius 1 is 1.26 bits per heavy atom. The molecule has 3 aromatic rings. The number of alkyl halides is 3. The van der Waals surface area contributed by atoms with Gasteiger partial charge in [-0.15, -0.1) is 15.3 Å². The van der Waals surface area contributed by atoms with Gasteiger partial charge in [0.1, 0.15) is 5.82 Å². The Labute approximate surface area is 127 Å². The molecule has 0 fully saturated rings. The highest BCUT2D eigenvalue weighted by atomic mass is 19.4. The first-order chi connectivity index (χ1) is 10.8. The van der Waals surface area contributed by atoms with Crippen molar-refractivity contribution >= 4 is 17.4 Å². The highest BCUT2D eigenvalue weighted by Crippen LogP contribution is 2.27. The van der Waals surface area contributed by atoms with Crippen molar-refractivity contribution in [2.24, 2.45) is 0 Å². The first-order valence-electron chi connectivity index (χ1n) is 6.38. The maximum absolute atomic E-state index is 12.8. The highest BCUT2D eigenvalue weighted by molar-refractivity contribution is 5.44. The Morgan fingerprint density at radius 2 is 2.04 bits per heavy atom. The summed E-state index contributed by atoms with van der Waals surface area (Å²) in [6, 6.07) is 2.85. The third kappa shape index (κ3) is 3.00. The molecule has 9 nitrogen and oxygen atoms in total. The molecule has 0 radical (unpaired) electrons. The minimum Gasteiger partial charge on any atom is -0.360 e. The number of fused-ring (bicyclic) bond motifs is 1. The maximum atomic E-state index is 12.8. The zero-order valence-electron chi connectivity index (χ0n) is 12.0. The summed E-state index contributed by atoms with van der Waals surface area (Å²) in [5, 5.41) is 16.9. The van der Waals surface area contributed by atoms with E-state index < -0.39 is 12.0 Å². The summed E-state index contributed by atoms with van der Waals surface area (Å²) >= 11 is 0. The smallest absolute Gasteiger partial charge is 0.360 e. The fourth-order valence-corrected chi connectivity index (χ4v) is 1.73. The first kappa shape index (κ1) is 15.0. The van der Waals surface area contributed by atoms with Crippen molar-refractivity contribution in [1.29, 1.82) is 0 Å². The van der Waals surface area contributed by atoms with Gasteiger partial charge in [-0.05, 0) is 17.3 Å². The molecule has 0 saturated heterocycles. The summed E-state index contributed by atoms with van der Waals surface area (Å²) in [5.74, 6) is -0.338. The molecule has 0 spiro atoms. The molecule has 0 saturated carbocycles. The standard InChI is InChI=1S/C11H11F3N8O/c1-21(2)10-16-8(23-20-10)5-15-6-3-4-7-17-18-9(11(12,13)14)22(7)19-6/h3-4H,5H2,1-2H3,(H,15,19). The monoisotopic (exact) mass is 328 g/mol. The molecule has 0 unspecified atom stereocenters. The molecule has 3 heterocycles. The number of halogens is 3. The van der Waals surface area contributed by atoms with Crippen molar-refractivity contribution < 1.29 is 17.7 Å². The lowest BCUT2D eigenvalue weighted by atomic mass is 10.5. The van der Waals surface area contributed by atoms with Crippen molar-refractivity contribution in [1.82, 2.24) is 30.0 Å². The number of hydrogen-bond acceptors (Lipinski definition) is 8. The van der Waals surface area contributed by atoms with Crippen molar-refractivity contribution in [2.75, 3.05) is 24.3 Å². The SMILES string of the molecule is CN(C)c1noc(CNc2ccc3nnc(C(F)(F)F)n3n2)n1. The topological polar surface area (TPSA) is 97.3 Å². The van der Waals surface area contributed by atoms with Gasteiger partial charge in [0, 0.05) is 14.1 Å². The summed E-state index contributed by atoms with van der Waals surface area (Å²) < 4.78 is 44.0. The quantitative estimate of drug-likeness (QED) is 0.763. The Kier molecular flexibility index (Phi) is 3.50. The predicted octanol–water partition coefficient (Wildman–Crippen LogP) is 1.20. The highest BCUT2D eigenvalue weighted by Gasteiger charge is 2.37. The molecule has 0 aliphatic heterocycles. The number of aromatic nitrogens is 6. The summed E-state index contributed by atoms with van der Waals surface area (Å²) in [4.78, 5) is 5.74. The van der Waals surface area contributed by atoms with Crippen LogP contribution in [0.1, 0.15) is 11.7 Å². The van der Waals surface area contributed by atoms with E-state index in [0.29, 0.717) is 10.5 Å². The van der Waals surface area contributed by atoms with E-state index in [-0.39, 0.29) is 23.9 Å². The molecule has 12 heteroatoms. The molecule has 122 valence electrons. The van der Waals surface area contributed by atoms with Gasteiger partial charge in [0.05, 0.1) is 6.54 Å². The van der Waals surface area contributed by atoms with E-state index in [1.807, 2.05) is 0 Å². The molecule has 1 N–H and O–H groups in total. The molecule has 3 rings (SSSR count). The molecule has 23 heavy (non-hydrogen) atoms. The Balaban J connectivity index is 1.80. The number of hydrogen-bond donors (Lipinski definition) is 1. The second-order valence-corrected chi connectivity index (χ2v) is 4.75. The van der Waals surface area contributed by atoms with Gasteiger partial charge in [0.15, 0.2) is 5.65 Å². The normalized spacial score (nSPS) is 11.9. The van der Waals surface area contributed by atoms with Crippen LogP contribution in [-0.4, -0.2) is 44.0 Å². The Morgan fingerprint density at radius 3 is 2.70 bits per heavy atom. The zero-order valence-corrected chi connectivity index (χ0v) is 12.0. The van der Waals surface area contributed by atoms with Gasteiger partial charge in [0.25, 0.3) is 11.8 Å². The van der Waals surface area contributed by atoms with E-state index >= 15 is 0 Å². The van der Waals surface area contributed by atoms with Gasteiger partial charge in [-0.1, -0.05) is 0 Å². The Bertz CT molecular complexity index is 824. The third-order valence-corrected chi connectivity index (χ3v) is 2.79. The van der Waals surface area contributed by atoms with Crippen molar-refractivity contribution in [3.05, 3.63) is 23.8 Å². The molecule has 0 aliphatic rings. The van der Waals surface area contributed by atoms with Gasteiger partial charge in [-0.2, -0.15) is 22.7 Å². The van der Waals surface area contributed by atoms with Crippen LogP contribution in [0.3, 0.4) is 0 Å². The second-order valence-electron chi connectivity index (χ2n) is 4.75. The third-order valence-electron chi connectivity index (χ3n) is 2.79. The molecule has 0 bridgehead atoms. The second kappa shape index (κ2) is 5.37. The molecule has 3 aromatic heterocycles. The lowest BCUT2D eigenvalue weighted by molar-refractivity contribution is -0.146. The van der Waals surface area contributed by atoms with Crippen LogP contribution >= 0.6 is 0 Å². The van der Waals surface area contributed by atoms with Gasteiger partial charge in [-0.3, -0.25) is 0 Å². The number of nitrogens with zero attached hydrogens (tertiary/aromatic N) is 7. The number of anilines is 2. The van der Waals surface area contributed by atoms with Crippen molar-refractivity contribution in [3.8, 4) is 0 Å². The van der Waals surface area contributed by atoms with Crippen LogP contribution in [0, 0.1) is 0 Å². The van der Waals surface area contributed by atoms with Crippen molar-refractivity contribution in [3.63, 3.8) is 0 Å². The van der Waals surface area contributed by atoms with Gasteiger partial charge in [-0.25, -0.2) is 0 Å². The van der Waals surface area contributed by atoms with E-state index in [1.165, 1.54) is 12.1 Å². The van der Waals surface area contributed by atoms with E-state index in [4.69, 9.17) is 4.52 Å². The molecule has 0 aliphatic carbocycles. The van der Waals surface area contributed by atoms with Crippen LogP contribution in [0.25, 0.3) is 5.65 Å². The van der Waals surface area contributed by atoms with Crippen LogP contribution < -0.4 is 10.2 Å². The van der Waals surface area contributed by atoms with Crippen LogP contribution in [0.2, 0.25) is 0 Å². The van der Waals surface area contributed by atoms with E-state index in [1.54, 1.807) is 19.0 Å². The van der Waals surface area contributed by atoms with Crippen molar-refractivity contribution in [2.45, 2.75) is 12.7 Å². The average Bonchev–Trinajstić information content (AvgIpc) is 3.10. The molecular formula is C11H11F3N8O. The van der Waals surface area contributed by atoms with Gasteiger partial charge < -0.3 is 14.7 Å². The van der Waals surface area contributed by atoms with E-state index in [2.05, 4.69) is 30.8 Å². The van der Waals surface area contributed by atoms with Gasteiger partial charge in [0.2, 0.25) is 5.89 Å². The van der Waals surface area contributed by atoms with E-state index in [0.717, 1.165) is 0 Å². The Hall–Kier alpha value is -2.92. The summed E-state index contributed by atoms with van der Waals surface area (Å²) in [6.45, 7) is 0.114. The summed E-state index contributed by atoms with van der Waals surface area (Å²) in [7, 11) is 3.50. The van der Waals surface area contributed by atoms with Crippen LogP contribution in [0.15, 0.2) is 16.7 Å². The van der Waals surface area contributed by atoms with Crippen LogP contribution in [-0.2, 0) is 12.7 Å². The summed E-state index contributed by atoms with van der Waals surface area (Å²) in [5.41, 5.74) is -0.00411. The zero-order chi connectivity index (χ0) is 16.6. The lowest BCUT2D eigenvalue weighted by Gasteiger charge is -2.05. The van der Waals surface area contributed by atoms with E-state index in [9.17, 15) is 13.2 Å². The fourth-order valence-electron chi connectivity index (χ4n) is 1.73. The number of rotatable bonds is 4. The predicted molar refractivity (Wildman–Crippen MR) is 71.7 cm³/mol. The average molecular weight is 328 g/mol. The maximum Gasteiger partial charge on any atom is 0.453 e. The molecule has 0 amide bonds. The first-order valence-corrected chi connectivity index (χ1v) is 6.38. The molecular weight excluding hydrogens is 317 g/mol. The largest absolute Gasteiger partial charge is 0.453 e. The lowest BCUT2D eigenvalue weighted by Crippen LogP contribution is -2.13. The number of nitrogens with one attached hydrogen (secondary N) is 1. The van der Waals surface area contributed by atoms with Gasteiger partial charge >= 0.3 is 6.18 Å². The minimum atomic E-state index is -4.64. The minimum absolute atomic E-state index is 0.00411. The van der Waals surface area contributed by atoms with Crippen LogP contribution in [0.5, 0.6) is 0 Å².